The lowest BCUT2D eigenvalue weighted by Crippen LogP contribution is -2.38. The van der Waals surface area contributed by atoms with Gasteiger partial charge >= 0.3 is 0 Å². The van der Waals surface area contributed by atoms with E-state index < -0.39 is 0 Å². The molecular weight excluding hydrogens is 234 g/mol. The summed E-state index contributed by atoms with van der Waals surface area (Å²) < 4.78 is 0. The Morgan fingerprint density at radius 2 is 1.95 bits per heavy atom. The van der Waals surface area contributed by atoms with Gasteiger partial charge in [-0.3, -0.25) is 4.90 Å². The van der Waals surface area contributed by atoms with Gasteiger partial charge in [0.25, 0.3) is 0 Å². The van der Waals surface area contributed by atoms with Gasteiger partial charge in [-0.1, -0.05) is 12.1 Å². The minimum atomic E-state index is 0.447. The lowest BCUT2D eigenvalue weighted by atomic mass is 9.94. The van der Waals surface area contributed by atoms with Gasteiger partial charge in [0, 0.05) is 6.04 Å². The highest BCUT2D eigenvalue weighted by atomic mass is 15.2. The van der Waals surface area contributed by atoms with Crippen molar-refractivity contribution in [2.24, 2.45) is 5.92 Å². The zero-order valence-corrected chi connectivity index (χ0v) is 11.9. The van der Waals surface area contributed by atoms with E-state index in [4.69, 9.17) is 5.26 Å². The van der Waals surface area contributed by atoms with Gasteiger partial charge in [0.15, 0.2) is 0 Å². The van der Waals surface area contributed by atoms with Crippen LogP contribution in [0, 0.1) is 17.2 Å². The van der Waals surface area contributed by atoms with Crippen LogP contribution in [0.15, 0.2) is 24.3 Å². The van der Waals surface area contributed by atoms with E-state index in [1.807, 2.05) is 19.2 Å². The fourth-order valence-corrected chi connectivity index (χ4v) is 2.88. The van der Waals surface area contributed by atoms with Crippen molar-refractivity contribution in [3.05, 3.63) is 35.4 Å². The van der Waals surface area contributed by atoms with Gasteiger partial charge in [-0.2, -0.15) is 5.26 Å². The number of likely N-dealkylation sites (tertiary alicyclic amines) is 1. The second-order valence-corrected chi connectivity index (χ2v) is 5.45. The highest BCUT2D eigenvalue weighted by molar-refractivity contribution is 5.32. The summed E-state index contributed by atoms with van der Waals surface area (Å²) in [5.74, 6) is 0.828. The van der Waals surface area contributed by atoms with Crippen LogP contribution in [0.2, 0.25) is 0 Å². The van der Waals surface area contributed by atoms with Crippen molar-refractivity contribution in [1.29, 1.82) is 5.26 Å². The zero-order valence-electron chi connectivity index (χ0n) is 11.9. The van der Waals surface area contributed by atoms with Gasteiger partial charge in [0.1, 0.15) is 0 Å². The molecule has 19 heavy (non-hydrogen) atoms. The van der Waals surface area contributed by atoms with Crippen molar-refractivity contribution in [2.45, 2.75) is 25.8 Å². The summed E-state index contributed by atoms with van der Waals surface area (Å²) in [4.78, 5) is 2.55. The SMILES string of the molecule is CNCC1CCN(C(C)c2ccc(C#N)cc2)CC1. The predicted octanol–water partition coefficient (Wildman–Crippen LogP) is 2.55. The number of rotatable bonds is 4. The molecule has 3 nitrogen and oxygen atoms in total. The van der Waals surface area contributed by atoms with E-state index >= 15 is 0 Å². The Bertz CT molecular complexity index is 424. The van der Waals surface area contributed by atoms with Crippen LogP contribution in [0.5, 0.6) is 0 Å². The van der Waals surface area contributed by atoms with Crippen LogP contribution in [-0.4, -0.2) is 31.6 Å². The van der Waals surface area contributed by atoms with E-state index in [9.17, 15) is 0 Å². The van der Waals surface area contributed by atoms with E-state index in [0.29, 0.717) is 6.04 Å². The van der Waals surface area contributed by atoms with Crippen LogP contribution in [0.4, 0.5) is 0 Å². The van der Waals surface area contributed by atoms with Crippen molar-refractivity contribution in [3.63, 3.8) is 0 Å². The normalized spacial score (nSPS) is 19.0. The second-order valence-electron chi connectivity index (χ2n) is 5.45. The minimum Gasteiger partial charge on any atom is -0.319 e. The van der Waals surface area contributed by atoms with Crippen LogP contribution in [-0.2, 0) is 0 Å². The number of hydrogen-bond acceptors (Lipinski definition) is 3. The molecule has 0 radical (unpaired) electrons. The maximum absolute atomic E-state index is 8.83. The fourth-order valence-electron chi connectivity index (χ4n) is 2.88. The van der Waals surface area contributed by atoms with Gasteiger partial charge in [0.2, 0.25) is 0 Å². The Balaban J connectivity index is 1.93. The van der Waals surface area contributed by atoms with Crippen LogP contribution in [0.3, 0.4) is 0 Å². The van der Waals surface area contributed by atoms with E-state index in [-0.39, 0.29) is 0 Å². The monoisotopic (exact) mass is 257 g/mol. The first-order valence-electron chi connectivity index (χ1n) is 7.13. The third kappa shape index (κ3) is 3.56. The number of hydrogen-bond donors (Lipinski definition) is 1. The average molecular weight is 257 g/mol. The molecule has 1 fully saturated rings. The van der Waals surface area contributed by atoms with Crippen molar-refractivity contribution in [1.82, 2.24) is 10.2 Å². The molecule has 1 aliphatic heterocycles. The number of nitrogens with zero attached hydrogens (tertiary/aromatic N) is 2. The fraction of sp³-hybridized carbons (Fsp3) is 0.562. The predicted molar refractivity (Wildman–Crippen MR) is 77.8 cm³/mol. The van der Waals surface area contributed by atoms with Gasteiger partial charge in [-0.05, 0) is 70.1 Å². The molecule has 3 heteroatoms. The smallest absolute Gasteiger partial charge is 0.0991 e. The number of nitriles is 1. The molecular formula is C16H23N3. The summed E-state index contributed by atoms with van der Waals surface area (Å²) in [6.07, 6.45) is 2.56. The maximum atomic E-state index is 8.83. The van der Waals surface area contributed by atoms with Gasteiger partial charge < -0.3 is 5.32 Å². The first kappa shape index (κ1) is 14.0. The van der Waals surface area contributed by atoms with Crippen molar-refractivity contribution in [3.8, 4) is 6.07 Å². The molecule has 0 amide bonds. The minimum absolute atomic E-state index is 0.447. The summed E-state index contributed by atoms with van der Waals surface area (Å²) in [7, 11) is 2.03. The summed E-state index contributed by atoms with van der Waals surface area (Å²) in [5, 5.41) is 12.1. The molecule has 1 N–H and O–H groups in total. The van der Waals surface area contributed by atoms with Crippen LogP contribution < -0.4 is 5.32 Å². The van der Waals surface area contributed by atoms with E-state index in [1.54, 1.807) is 0 Å². The molecule has 1 atom stereocenters. The standard InChI is InChI=1S/C16H23N3/c1-13(16-5-3-14(11-17)4-6-16)19-9-7-15(8-10-19)12-18-2/h3-6,13,15,18H,7-10,12H2,1-2H3. The Morgan fingerprint density at radius 1 is 1.32 bits per heavy atom. The third-order valence-electron chi connectivity index (χ3n) is 4.21. The topological polar surface area (TPSA) is 39.1 Å². The highest BCUT2D eigenvalue weighted by Gasteiger charge is 2.22. The first-order valence-corrected chi connectivity index (χ1v) is 7.13. The van der Waals surface area contributed by atoms with Gasteiger partial charge in [0.05, 0.1) is 11.6 Å². The van der Waals surface area contributed by atoms with E-state index in [1.165, 1.54) is 31.5 Å². The molecule has 0 bridgehead atoms. The number of piperidine rings is 1. The number of nitrogens with one attached hydrogen (secondary N) is 1. The second kappa shape index (κ2) is 6.70. The molecule has 0 aromatic heterocycles. The molecule has 1 heterocycles. The molecule has 1 unspecified atom stereocenters. The van der Waals surface area contributed by atoms with Crippen LogP contribution in [0.1, 0.15) is 36.9 Å². The average Bonchev–Trinajstić information content (AvgIpc) is 2.48. The Hall–Kier alpha value is -1.37. The Kier molecular flexibility index (Phi) is 4.95. The van der Waals surface area contributed by atoms with Gasteiger partial charge in [-0.15, -0.1) is 0 Å². The zero-order chi connectivity index (χ0) is 13.7. The van der Waals surface area contributed by atoms with E-state index in [0.717, 1.165) is 18.0 Å². The van der Waals surface area contributed by atoms with Crippen LogP contribution >= 0.6 is 0 Å². The summed E-state index contributed by atoms with van der Waals surface area (Å²) >= 11 is 0. The lowest BCUT2D eigenvalue weighted by Gasteiger charge is -2.36. The Morgan fingerprint density at radius 3 is 2.47 bits per heavy atom. The summed E-state index contributed by atoms with van der Waals surface area (Å²) in [6, 6.07) is 10.6. The highest BCUT2D eigenvalue weighted by Crippen LogP contribution is 2.26. The van der Waals surface area contributed by atoms with Crippen LogP contribution in [0.25, 0.3) is 0 Å². The molecule has 0 saturated carbocycles. The molecule has 1 aliphatic rings. The molecule has 1 aromatic carbocycles. The molecule has 1 saturated heterocycles. The molecule has 0 aliphatic carbocycles. The van der Waals surface area contributed by atoms with Crippen molar-refractivity contribution in [2.75, 3.05) is 26.7 Å². The first-order chi connectivity index (χ1) is 9.24. The summed E-state index contributed by atoms with van der Waals surface area (Å²) in [6.45, 7) is 5.75. The third-order valence-corrected chi connectivity index (χ3v) is 4.21. The maximum Gasteiger partial charge on any atom is 0.0991 e. The van der Waals surface area contributed by atoms with Crippen molar-refractivity contribution < 1.29 is 0 Å². The molecule has 102 valence electrons. The summed E-state index contributed by atoms with van der Waals surface area (Å²) in [5.41, 5.74) is 2.05. The molecule has 1 aromatic rings. The quantitative estimate of drug-likeness (QED) is 0.901. The largest absolute Gasteiger partial charge is 0.319 e. The number of benzene rings is 1. The Labute approximate surface area is 116 Å². The van der Waals surface area contributed by atoms with E-state index in [2.05, 4.69) is 35.3 Å². The lowest BCUT2D eigenvalue weighted by molar-refractivity contribution is 0.141. The van der Waals surface area contributed by atoms with Gasteiger partial charge in [-0.25, -0.2) is 0 Å². The molecule has 0 spiro atoms. The van der Waals surface area contributed by atoms with Crippen molar-refractivity contribution >= 4 is 0 Å². The molecule has 2 rings (SSSR count).